The second-order valence-corrected chi connectivity index (χ2v) is 7.74. The van der Waals surface area contributed by atoms with Crippen LogP contribution in [0.1, 0.15) is 108 Å². The first kappa shape index (κ1) is 23.5. The monoisotopic (exact) mass is 375 g/mol. The van der Waals surface area contributed by atoms with Crippen LogP contribution in [0, 0.1) is 6.92 Å². The molecule has 0 spiro atoms. The van der Waals surface area contributed by atoms with Crippen LogP contribution in [0.2, 0.25) is 0 Å². The van der Waals surface area contributed by atoms with Gasteiger partial charge in [-0.2, -0.15) is 0 Å². The second kappa shape index (κ2) is 15.5. The predicted molar refractivity (Wildman–Crippen MR) is 116 cm³/mol. The van der Waals surface area contributed by atoms with Crippen molar-refractivity contribution in [2.45, 2.75) is 104 Å². The van der Waals surface area contributed by atoms with Crippen molar-refractivity contribution in [1.29, 1.82) is 0 Å². The number of aryl methyl sites for hydroxylation is 1. The number of oxime groups is 1. The van der Waals surface area contributed by atoms with Crippen molar-refractivity contribution in [3.8, 4) is 5.75 Å². The summed E-state index contributed by atoms with van der Waals surface area (Å²) in [6.45, 7) is 4.32. The molecule has 0 heterocycles. The number of nitrogens with zero attached hydrogens (tertiary/aromatic N) is 1. The first-order chi connectivity index (χ1) is 13.2. The van der Waals surface area contributed by atoms with Crippen LogP contribution in [0.15, 0.2) is 23.4 Å². The molecule has 0 unspecified atom stereocenters. The van der Waals surface area contributed by atoms with E-state index in [0.29, 0.717) is 0 Å². The number of unbranched alkanes of at least 4 members (excludes halogenated alkanes) is 12. The van der Waals surface area contributed by atoms with Crippen LogP contribution in [0.4, 0.5) is 0 Å². The van der Waals surface area contributed by atoms with E-state index in [4.69, 9.17) is 4.74 Å². The molecule has 3 heteroatoms. The molecule has 1 aromatic rings. The summed E-state index contributed by atoms with van der Waals surface area (Å²) in [5.74, 6) is 0.781. The van der Waals surface area contributed by atoms with E-state index in [1.165, 1.54) is 77.0 Å². The molecule has 0 fully saturated rings. The zero-order valence-corrected chi connectivity index (χ0v) is 17.9. The Labute approximate surface area is 167 Å². The van der Waals surface area contributed by atoms with Crippen LogP contribution in [-0.4, -0.2) is 18.0 Å². The van der Waals surface area contributed by atoms with Gasteiger partial charge < -0.3 is 9.94 Å². The van der Waals surface area contributed by atoms with Gasteiger partial charge >= 0.3 is 0 Å². The van der Waals surface area contributed by atoms with Crippen molar-refractivity contribution in [2.24, 2.45) is 5.16 Å². The Kier molecular flexibility index (Phi) is 13.5. The number of rotatable bonds is 16. The summed E-state index contributed by atoms with van der Waals surface area (Å²) in [7, 11) is 1.66. The molecule has 0 radical (unpaired) electrons. The highest BCUT2D eigenvalue weighted by Gasteiger charge is 2.11. The molecule has 3 nitrogen and oxygen atoms in total. The van der Waals surface area contributed by atoms with E-state index < -0.39 is 0 Å². The molecule has 0 bridgehead atoms. The lowest BCUT2D eigenvalue weighted by molar-refractivity contribution is 0.317. The Morgan fingerprint density at radius 3 is 1.85 bits per heavy atom. The highest BCUT2D eigenvalue weighted by molar-refractivity contribution is 6.02. The number of methoxy groups -OCH3 is 1. The lowest BCUT2D eigenvalue weighted by Gasteiger charge is -2.11. The zero-order chi connectivity index (χ0) is 19.7. The van der Waals surface area contributed by atoms with Gasteiger partial charge in [-0.3, -0.25) is 0 Å². The van der Waals surface area contributed by atoms with Gasteiger partial charge in [-0.25, -0.2) is 0 Å². The summed E-state index contributed by atoms with van der Waals surface area (Å²) < 4.78 is 5.41. The minimum absolute atomic E-state index is 0.735. The molecule has 0 atom stereocenters. The van der Waals surface area contributed by atoms with E-state index in [-0.39, 0.29) is 0 Å². The van der Waals surface area contributed by atoms with Crippen molar-refractivity contribution < 1.29 is 9.94 Å². The van der Waals surface area contributed by atoms with Gasteiger partial charge in [0.05, 0.1) is 12.8 Å². The van der Waals surface area contributed by atoms with Crippen molar-refractivity contribution >= 4 is 5.71 Å². The number of hydrogen-bond acceptors (Lipinski definition) is 3. The first-order valence-corrected chi connectivity index (χ1v) is 11.1. The minimum Gasteiger partial charge on any atom is -0.496 e. The molecule has 1 rings (SSSR count). The van der Waals surface area contributed by atoms with Crippen LogP contribution < -0.4 is 4.74 Å². The summed E-state index contributed by atoms with van der Waals surface area (Å²) >= 11 is 0. The minimum atomic E-state index is 0.735. The maximum absolute atomic E-state index is 9.41. The largest absolute Gasteiger partial charge is 0.496 e. The van der Waals surface area contributed by atoms with Crippen molar-refractivity contribution in [2.75, 3.05) is 7.11 Å². The third kappa shape index (κ3) is 10.4. The molecule has 0 aliphatic carbocycles. The summed E-state index contributed by atoms with van der Waals surface area (Å²) in [6, 6.07) is 6.00. The number of hydrogen-bond donors (Lipinski definition) is 1. The molecule has 0 aromatic heterocycles. The van der Waals surface area contributed by atoms with E-state index in [0.717, 1.165) is 35.4 Å². The van der Waals surface area contributed by atoms with Crippen molar-refractivity contribution in [3.63, 3.8) is 0 Å². The molecule has 1 aromatic carbocycles. The Balaban J connectivity index is 2.10. The molecule has 0 amide bonds. The van der Waals surface area contributed by atoms with E-state index in [1.807, 2.05) is 25.1 Å². The summed E-state index contributed by atoms with van der Waals surface area (Å²) in [5, 5.41) is 13.0. The molecule has 27 heavy (non-hydrogen) atoms. The normalized spacial score (nSPS) is 11.7. The Bertz CT molecular complexity index is 525. The maximum atomic E-state index is 9.41. The molecular weight excluding hydrogens is 334 g/mol. The number of benzene rings is 1. The maximum Gasteiger partial charge on any atom is 0.128 e. The third-order valence-corrected chi connectivity index (χ3v) is 5.30. The smallest absolute Gasteiger partial charge is 0.128 e. The van der Waals surface area contributed by atoms with Gasteiger partial charge in [0.25, 0.3) is 0 Å². The van der Waals surface area contributed by atoms with E-state index in [1.54, 1.807) is 7.11 Å². The molecule has 1 N–H and O–H groups in total. The van der Waals surface area contributed by atoms with Crippen LogP contribution in [0.3, 0.4) is 0 Å². The van der Waals surface area contributed by atoms with Crippen LogP contribution >= 0.6 is 0 Å². The van der Waals surface area contributed by atoms with E-state index in [9.17, 15) is 5.21 Å². The van der Waals surface area contributed by atoms with Crippen LogP contribution in [0.25, 0.3) is 0 Å². The fourth-order valence-corrected chi connectivity index (χ4v) is 3.60. The van der Waals surface area contributed by atoms with Crippen molar-refractivity contribution in [3.05, 3.63) is 29.3 Å². The Morgan fingerprint density at radius 2 is 1.37 bits per heavy atom. The second-order valence-electron chi connectivity index (χ2n) is 7.74. The summed E-state index contributed by atoms with van der Waals surface area (Å²) in [5.41, 5.74) is 2.80. The predicted octanol–water partition coefficient (Wildman–Crippen LogP) is 7.66. The van der Waals surface area contributed by atoms with Gasteiger partial charge in [-0.1, -0.05) is 101 Å². The zero-order valence-electron chi connectivity index (χ0n) is 17.9. The van der Waals surface area contributed by atoms with Gasteiger partial charge in [-0.05, 0) is 31.9 Å². The summed E-state index contributed by atoms with van der Waals surface area (Å²) in [6.07, 6.45) is 18.2. The third-order valence-electron chi connectivity index (χ3n) is 5.30. The van der Waals surface area contributed by atoms with Crippen LogP contribution in [-0.2, 0) is 0 Å². The fraction of sp³-hybridized carbons (Fsp3) is 0.708. The van der Waals surface area contributed by atoms with Crippen LogP contribution in [0.5, 0.6) is 5.75 Å². The highest BCUT2D eigenvalue weighted by Crippen LogP contribution is 2.23. The van der Waals surface area contributed by atoms with Gasteiger partial charge in [-0.15, -0.1) is 0 Å². The average Bonchev–Trinajstić information content (AvgIpc) is 2.68. The van der Waals surface area contributed by atoms with Gasteiger partial charge in [0.1, 0.15) is 5.75 Å². The van der Waals surface area contributed by atoms with Crippen molar-refractivity contribution in [1.82, 2.24) is 0 Å². The average molecular weight is 376 g/mol. The van der Waals surface area contributed by atoms with E-state index >= 15 is 0 Å². The fourth-order valence-electron chi connectivity index (χ4n) is 3.60. The molecule has 0 saturated carbocycles. The Hall–Kier alpha value is -1.51. The number of ether oxygens (including phenoxy) is 1. The molecule has 154 valence electrons. The quantitative estimate of drug-likeness (QED) is 0.139. The summed E-state index contributed by atoms with van der Waals surface area (Å²) in [4.78, 5) is 0. The Morgan fingerprint density at radius 1 is 0.852 bits per heavy atom. The van der Waals surface area contributed by atoms with Gasteiger partial charge in [0.2, 0.25) is 0 Å². The first-order valence-electron chi connectivity index (χ1n) is 11.1. The lowest BCUT2D eigenvalue weighted by Crippen LogP contribution is -2.04. The molecular formula is C24H41NO2. The SMILES string of the molecule is CCCCCCCCCCCCCCCC(=NO)c1cc(C)ccc1OC. The van der Waals surface area contributed by atoms with Gasteiger partial charge in [0, 0.05) is 5.56 Å². The lowest BCUT2D eigenvalue weighted by atomic mass is 10.00. The van der Waals surface area contributed by atoms with E-state index in [2.05, 4.69) is 12.1 Å². The topological polar surface area (TPSA) is 41.8 Å². The van der Waals surface area contributed by atoms with Gasteiger partial charge in [0.15, 0.2) is 0 Å². The highest BCUT2D eigenvalue weighted by atomic mass is 16.5. The molecule has 0 aliphatic rings. The molecule has 0 saturated heterocycles. The molecule has 0 aliphatic heterocycles. The standard InChI is InChI=1S/C24H41NO2/c1-4-5-6-7-8-9-10-11-12-13-14-15-16-17-23(25-26)22-20-21(2)18-19-24(22)27-3/h18-20,26H,4-17H2,1-3H3.